The summed E-state index contributed by atoms with van der Waals surface area (Å²) in [5.74, 6) is 0. The van der Waals surface area contributed by atoms with Crippen molar-refractivity contribution in [3.05, 3.63) is 36.2 Å². The largest absolute Gasteiger partial charge is 0.310 e. The van der Waals surface area contributed by atoms with Gasteiger partial charge in [-0.05, 0) is 25.0 Å². The maximum absolute atomic E-state index is 4.38. The summed E-state index contributed by atoms with van der Waals surface area (Å²) in [7, 11) is 0. The summed E-state index contributed by atoms with van der Waals surface area (Å²) in [6.45, 7) is 0.943. The first-order valence-electron chi connectivity index (χ1n) is 7.08. The van der Waals surface area contributed by atoms with Gasteiger partial charge in [-0.15, -0.1) is 0 Å². The molecule has 96 valence electrons. The van der Waals surface area contributed by atoms with Crippen LogP contribution in [0.3, 0.4) is 0 Å². The van der Waals surface area contributed by atoms with Gasteiger partial charge in [0.1, 0.15) is 0 Å². The Labute approximate surface area is 108 Å². The molecule has 1 fully saturated rings. The third-order valence-electron chi connectivity index (χ3n) is 3.94. The Morgan fingerprint density at radius 3 is 2.83 bits per heavy atom. The summed E-state index contributed by atoms with van der Waals surface area (Å²) < 4.78 is 1.95. The van der Waals surface area contributed by atoms with Gasteiger partial charge in [-0.1, -0.05) is 31.7 Å². The van der Waals surface area contributed by atoms with Crippen molar-refractivity contribution >= 4 is 5.52 Å². The van der Waals surface area contributed by atoms with E-state index in [0.717, 1.165) is 6.54 Å². The van der Waals surface area contributed by atoms with E-state index in [1.807, 2.05) is 23.0 Å². The van der Waals surface area contributed by atoms with Gasteiger partial charge in [0, 0.05) is 24.3 Å². The summed E-state index contributed by atoms with van der Waals surface area (Å²) in [4.78, 5) is 0. The van der Waals surface area contributed by atoms with E-state index < -0.39 is 0 Å². The lowest BCUT2D eigenvalue weighted by Gasteiger charge is -2.15. The van der Waals surface area contributed by atoms with E-state index in [9.17, 15) is 0 Å². The van der Waals surface area contributed by atoms with Crippen molar-refractivity contribution in [2.45, 2.75) is 51.1 Å². The molecule has 3 nitrogen and oxygen atoms in total. The fourth-order valence-electron chi connectivity index (χ4n) is 2.86. The van der Waals surface area contributed by atoms with Gasteiger partial charge in [-0.2, -0.15) is 5.10 Å². The molecule has 0 aliphatic heterocycles. The maximum Gasteiger partial charge on any atom is 0.0706 e. The third-order valence-corrected chi connectivity index (χ3v) is 3.94. The highest BCUT2D eigenvalue weighted by molar-refractivity contribution is 5.53. The molecule has 0 amide bonds. The van der Waals surface area contributed by atoms with Crippen molar-refractivity contribution in [1.82, 2.24) is 14.9 Å². The van der Waals surface area contributed by atoms with Gasteiger partial charge >= 0.3 is 0 Å². The molecule has 1 aliphatic carbocycles. The lowest BCUT2D eigenvalue weighted by Crippen LogP contribution is -2.27. The quantitative estimate of drug-likeness (QED) is 0.839. The van der Waals surface area contributed by atoms with E-state index in [4.69, 9.17) is 0 Å². The van der Waals surface area contributed by atoms with E-state index in [1.165, 1.54) is 49.6 Å². The van der Waals surface area contributed by atoms with Crippen molar-refractivity contribution in [3.63, 3.8) is 0 Å². The Morgan fingerprint density at radius 2 is 2.00 bits per heavy atom. The predicted molar refractivity (Wildman–Crippen MR) is 73.5 cm³/mol. The van der Waals surface area contributed by atoms with Crippen LogP contribution in [0.2, 0.25) is 0 Å². The minimum absolute atomic E-state index is 0.700. The summed E-state index contributed by atoms with van der Waals surface area (Å²) in [6, 6.07) is 6.93. The first kappa shape index (κ1) is 11.7. The van der Waals surface area contributed by atoms with Gasteiger partial charge in [0.25, 0.3) is 0 Å². The number of nitrogens with one attached hydrogen (secondary N) is 1. The zero-order chi connectivity index (χ0) is 12.2. The minimum atomic E-state index is 0.700. The van der Waals surface area contributed by atoms with Crippen LogP contribution in [0, 0.1) is 0 Å². The van der Waals surface area contributed by atoms with Gasteiger partial charge in [-0.3, -0.25) is 0 Å². The molecular formula is C15H21N3. The Morgan fingerprint density at radius 1 is 1.17 bits per heavy atom. The number of rotatable bonds is 3. The second-order valence-electron chi connectivity index (χ2n) is 5.27. The van der Waals surface area contributed by atoms with Gasteiger partial charge in [0.15, 0.2) is 0 Å². The number of hydrogen-bond acceptors (Lipinski definition) is 2. The van der Waals surface area contributed by atoms with Crippen molar-refractivity contribution in [3.8, 4) is 0 Å². The standard InChI is InChI=1S/C15H21N3/c1-2-4-8-14(7-3-1)16-11-13-12-17-18-10-6-5-9-15(13)18/h5-6,9-10,12,14,16H,1-4,7-8,11H2. The fourth-order valence-corrected chi connectivity index (χ4v) is 2.86. The van der Waals surface area contributed by atoms with Crippen LogP contribution in [-0.2, 0) is 6.54 Å². The van der Waals surface area contributed by atoms with Gasteiger partial charge < -0.3 is 5.32 Å². The highest BCUT2D eigenvalue weighted by Crippen LogP contribution is 2.18. The van der Waals surface area contributed by atoms with E-state index in [0.29, 0.717) is 6.04 Å². The predicted octanol–water partition coefficient (Wildman–Crippen LogP) is 3.15. The Kier molecular flexibility index (Phi) is 3.60. The summed E-state index contributed by atoms with van der Waals surface area (Å²) in [6.07, 6.45) is 12.2. The van der Waals surface area contributed by atoms with Crippen molar-refractivity contribution in [2.75, 3.05) is 0 Å². The molecule has 3 heteroatoms. The van der Waals surface area contributed by atoms with Gasteiger partial charge in [0.2, 0.25) is 0 Å². The normalized spacial score (nSPS) is 18.0. The summed E-state index contributed by atoms with van der Waals surface area (Å²) in [5.41, 5.74) is 2.53. The molecule has 2 aromatic heterocycles. The highest BCUT2D eigenvalue weighted by atomic mass is 15.2. The molecule has 0 spiro atoms. The molecule has 2 aromatic rings. The summed E-state index contributed by atoms with van der Waals surface area (Å²) >= 11 is 0. The minimum Gasteiger partial charge on any atom is -0.310 e. The highest BCUT2D eigenvalue weighted by Gasteiger charge is 2.12. The van der Waals surface area contributed by atoms with Gasteiger partial charge in [0.05, 0.1) is 11.7 Å². The Hall–Kier alpha value is -1.35. The molecule has 1 N–H and O–H groups in total. The van der Waals surface area contributed by atoms with Crippen LogP contribution < -0.4 is 5.32 Å². The third kappa shape index (κ3) is 2.56. The molecule has 18 heavy (non-hydrogen) atoms. The Bertz CT molecular complexity index is 495. The topological polar surface area (TPSA) is 29.3 Å². The van der Waals surface area contributed by atoms with Crippen molar-refractivity contribution in [2.24, 2.45) is 0 Å². The van der Waals surface area contributed by atoms with Crippen LogP contribution in [0.4, 0.5) is 0 Å². The van der Waals surface area contributed by atoms with Crippen molar-refractivity contribution < 1.29 is 0 Å². The maximum atomic E-state index is 4.38. The van der Waals surface area contributed by atoms with Crippen LogP contribution in [0.1, 0.15) is 44.1 Å². The van der Waals surface area contributed by atoms with Crippen LogP contribution in [-0.4, -0.2) is 15.7 Å². The lowest BCUT2D eigenvalue weighted by atomic mass is 10.1. The number of pyridine rings is 1. The van der Waals surface area contributed by atoms with E-state index in [-0.39, 0.29) is 0 Å². The molecule has 0 aromatic carbocycles. The molecule has 0 unspecified atom stereocenters. The van der Waals surface area contributed by atoms with Crippen LogP contribution in [0.25, 0.3) is 5.52 Å². The van der Waals surface area contributed by atoms with Crippen LogP contribution in [0.15, 0.2) is 30.6 Å². The first-order chi connectivity index (χ1) is 8.93. The average molecular weight is 243 g/mol. The summed E-state index contributed by atoms with van der Waals surface area (Å²) in [5, 5.41) is 8.08. The monoisotopic (exact) mass is 243 g/mol. The SMILES string of the molecule is c1ccn2ncc(CNC3CCCCCC3)c2c1. The molecule has 0 atom stereocenters. The molecular weight excluding hydrogens is 222 g/mol. The molecule has 1 saturated carbocycles. The molecule has 0 radical (unpaired) electrons. The first-order valence-corrected chi connectivity index (χ1v) is 7.08. The molecule has 1 aliphatic rings. The second kappa shape index (κ2) is 5.53. The van der Waals surface area contributed by atoms with E-state index in [1.54, 1.807) is 0 Å². The molecule has 0 saturated heterocycles. The zero-order valence-electron chi connectivity index (χ0n) is 10.8. The number of fused-ring (bicyclic) bond motifs is 1. The second-order valence-corrected chi connectivity index (χ2v) is 5.27. The smallest absolute Gasteiger partial charge is 0.0706 e. The van der Waals surface area contributed by atoms with Gasteiger partial charge in [-0.25, -0.2) is 4.52 Å². The number of aromatic nitrogens is 2. The van der Waals surface area contributed by atoms with Crippen LogP contribution in [0.5, 0.6) is 0 Å². The zero-order valence-corrected chi connectivity index (χ0v) is 10.8. The Balaban J connectivity index is 1.65. The van der Waals surface area contributed by atoms with E-state index in [2.05, 4.69) is 22.5 Å². The number of nitrogens with zero attached hydrogens (tertiary/aromatic N) is 2. The lowest BCUT2D eigenvalue weighted by molar-refractivity contribution is 0.460. The molecule has 3 rings (SSSR count). The van der Waals surface area contributed by atoms with Crippen molar-refractivity contribution in [1.29, 1.82) is 0 Å². The van der Waals surface area contributed by atoms with E-state index >= 15 is 0 Å². The van der Waals surface area contributed by atoms with Crippen LogP contribution >= 0.6 is 0 Å². The molecule has 0 bridgehead atoms. The average Bonchev–Trinajstić information content (AvgIpc) is 2.64. The number of hydrogen-bond donors (Lipinski definition) is 1. The molecule has 2 heterocycles. The fraction of sp³-hybridized carbons (Fsp3) is 0.533.